The van der Waals surface area contributed by atoms with Gasteiger partial charge in [0, 0.05) is 11.6 Å². The summed E-state index contributed by atoms with van der Waals surface area (Å²) in [5, 5.41) is 8.99. The average Bonchev–Trinajstić information content (AvgIpc) is 2.37. The van der Waals surface area contributed by atoms with Gasteiger partial charge in [-0.1, -0.05) is 39.0 Å². The van der Waals surface area contributed by atoms with Gasteiger partial charge in [-0.25, -0.2) is 9.78 Å². The molecule has 0 atom stereocenters. The van der Waals surface area contributed by atoms with E-state index in [1.807, 2.05) is 25.1 Å². The van der Waals surface area contributed by atoms with Crippen LogP contribution in [0.15, 0.2) is 36.4 Å². The Morgan fingerprint density at radius 1 is 1.19 bits per heavy atom. The van der Waals surface area contributed by atoms with E-state index in [9.17, 15) is 4.79 Å². The van der Waals surface area contributed by atoms with E-state index in [-0.39, 0.29) is 17.0 Å². The molecule has 0 fully saturated rings. The van der Waals surface area contributed by atoms with Gasteiger partial charge in [-0.3, -0.25) is 0 Å². The summed E-state index contributed by atoms with van der Waals surface area (Å²) in [5.74, 6) is -0.0794. The smallest absolute Gasteiger partial charge is 0.354 e. The number of aromatic carboxylic acids is 1. The quantitative estimate of drug-likeness (QED) is 0.919. The summed E-state index contributed by atoms with van der Waals surface area (Å²) in [7, 11) is 0. The van der Waals surface area contributed by atoms with Crippen molar-refractivity contribution in [1.29, 1.82) is 0 Å². The summed E-state index contributed by atoms with van der Waals surface area (Å²) >= 11 is 0. The standard InChI is InChI=1S/C17H19NO3/c1-11-8-9-12(17(2,3)4)14(10-11)21-15-7-5-6-13(18-15)16(19)20/h5-10H,1-4H3,(H,19,20). The molecule has 0 saturated carbocycles. The van der Waals surface area contributed by atoms with Crippen LogP contribution >= 0.6 is 0 Å². The van der Waals surface area contributed by atoms with Gasteiger partial charge < -0.3 is 9.84 Å². The lowest BCUT2D eigenvalue weighted by Gasteiger charge is -2.22. The van der Waals surface area contributed by atoms with Gasteiger partial charge in [0.15, 0.2) is 5.69 Å². The van der Waals surface area contributed by atoms with Crippen molar-refractivity contribution < 1.29 is 14.6 Å². The third kappa shape index (κ3) is 3.60. The van der Waals surface area contributed by atoms with E-state index in [2.05, 4.69) is 25.8 Å². The predicted molar refractivity (Wildman–Crippen MR) is 81.1 cm³/mol. The predicted octanol–water partition coefficient (Wildman–Crippen LogP) is 4.18. The fourth-order valence-electron chi connectivity index (χ4n) is 2.04. The van der Waals surface area contributed by atoms with Crippen LogP contribution in [0, 0.1) is 6.92 Å². The molecular weight excluding hydrogens is 266 g/mol. The molecule has 0 amide bonds. The summed E-state index contributed by atoms with van der Waals surface area (Å²) in [5.41, 5.74) is 2.02. The van der Waals surface area contributed by atoms with Crippen LogP contribution in [-0.4, -0.2) is 16.1 Å². The van der Waals surface area contributed by atoms with Crippen LogP contribution in [0.2, 0.25) is 0 Å². The van der Waals surface area contributed by atoms with Crippen LogP contribution < -0.4 is 4.74 Å². The fourth-order valence-corrected chi connectivity index (χ4v) is 2.04. The Labute approximate surface area is 124 Å². The molecule has 4 heteroatoms. The molecule has 4 nitrogen and oxygen atoms in total. The minimum absolute atomic E-state index is 0.0301. The van der Waals surface area contributed by atoms with Gasteiger partial charge >= 0.3 is 5.97 Å². The van der Waals surface area contributed by atoms with Crippen molar-refractivity contribution in [3.05, 3.63) is 53.2 Å². The number of carboxylic acids is 1. The molecular formula is C17H19NO3. The van der Waals surface area contributed by atoms with E-state index < -0.39 is 5.97 Å². The largest absolute Gasteiger partial charge is 0.477 e. The molecule has 0 unspecified atom stereocenters. The van der Waals surface area contributed by atoms with Crippen molar-refractivity contribution in [2.75, 3.05) is 0 Å². The molecule has 0 aliphatic carbocycles. The maximum Gasteiger partial charge on any atom is 0.354 e. The maximum absolute atomic E-state index is 11.0. The minimum Gasteiger partial charge on any atom is -0.477 e. The van der Waals surface area contributed by atoms with Crippen LogP contribution in [-0.2, 0) is 5.41 Å². The molecule has 0 spiro atoms. The number of carbonyl (C=O) groups is 1. The first-order chi connectivity index (χ1) is 9.77. The second-order valence-electron chi connectivity index (χ2n) is 6.02. The summed E-state index contributed by atoms with van der Waals surface area (Å²) in [4.78, 5) is 15.0. The molecule has 110 valence electrons. The third-order valence-electron chi connectivity index (χ3n) is 3.10. The summed E-state index contributed by atoms with van der Waals surface area (Å²) in [6, 6.07) is 10.7. The zero-order chi connectivity index (χ0) is 15.6. The molecule has 21 heavy (non-hydrogen) atoms. The Kier molecular flexibility index (Phi) is 3.98. The monoisotopic (exact) mass is 285 g/mol. The van der Waals surface area contributed by atoms with Crippen LogP contribution in [0.3, 0.4) is 0 Å². The molecule has 2 aromatic rings. The zero-order valence-electron chi connectivity index (χ0n) is 12.7. The molecule has 0 saturated heterocycles. The molecule has 1 N–H and O–H groups in total. The lowest BCUT2D eigenvalue weighted by atomic mass is 9.86. The van der Waals surface area contributed by atoms with Crippen molar-refractivity contribution in [3.63, 3.8) is 0 Å². The van der Waals surface area contributed by atoms with Gasteiger partial charge in [-0.05, 0) is 30.0 Å². The van der Waals surface area contributed by atoms with Gasteiger partial charge in [-0.15, -0.1) is 0 Å². The molecule has 1 heterocycles. The number of carboxylic acid groups (broad SMARTS) is 1. The van der Waals surface area contributed by atoms with Crippen molar-refractivity contribution in [2.24, 2.45) is 0 Å². The zero-order valence-corrected chi connectivity index (χ0v) is 12.7. The Morgan fingerprint density at radius 3 is 2.52 bits per heavy atom. The maximum atomic E-state index is 11.0. The highest BCUT2D eigenvalue weighted by atomic mass is 16.5. The normalized spacial score (nSPS) is 11.2. The second kappa shape index (κ2) is 5.56. The first-order valence-corrected chi connectivity index (χ1v) is 6.77. The molecule has 0 aliphatic rings. The summed E-state index contributed by atoms with van der Waals surface area (Å²) in [6.07, 6.45) is 0. The summed E-state index contributed by atoms with van der Waals surface area (Å²) in [6.45, 7) is 8.29. The first kappa shape index (κ1) is 15.0. The number of nitrogens with zero attached hydrogens (tertiary/aromatic N) is 1. The van der Waals surface area contributed by atoms with Gasteiger partial charge in [0.2, 0.25) is 5.88 Å². The first-order valence-electron chi connectivity index (χ1n) is 6.77. The van der Waals surface area contributed by atoms with Crippen molar-refractivity contribution in [2.45, 2.75) is 33.1 Å². The number of aryl methyl sites for hydroxylation is 1. The van der Waals surface area contributed by atoms with Gasteiger partial charge in [0.1, 0.15) is 5.75 Å². The molecule has 1 aromatic heterocycles. The van der Waals surface area contributed by atoms with Crippen LogP contribution in [0.5, 0.6) is 11.6 Å². The molecule has 0 aliphatic heterocycles. The lowest BCUT2D eigenvalue weighted by Crippen LogP contribution is -2.13. The molecule has 0 radical (unpaired) electrons. The number of benzene rings is 1. The Hall–Kier alpha value is -2.36. The van der Waals surface area contributed by atoms with Crippen LogP contribution in [0.1, 0.15) is 42.4 Å². The van der Waals surface area contributed by atoms with Crippen molar-refractivity contribution >= 4 is 5.97 Å². The third-order valence-corrected chi connectivity index (χ3v) is 3.10. The lowest BCUT2D eigenvalue weighted by molar-refractivity contribution is 0.0689. The van der Waals surface area contributed by atoms with E-state index in [0.29, 0.717) is 5.75 Å². The molecule has 2 rings (SSSR count). The number of hydrogen-bond donors (Lipinski definition) is 1. The van der Waals surface area contributed by atoms with Crippen molar-refractivity contribution in [1.82, 2.24) is 4.98 Å². The van der Waals surface area contributed by atoms with E-state index in [0.717, 1.165) is 11.1 Å². The number of aromatic nitrogens is 1. The number of rotatable bonds is 3. The topological polar surface area (TPSA) is 59.4 Å². The van der Waals surface area contributed by atoms with Gasteiger partial charge in [-0.2, -0.15) is 0 Å². The molecule has 0 bridgehead atoms. The second-order valence-corrected chi connectivity index (χ2v) is 6.02. The fraction of sp³-hybridized carbons (Fsp3) is 0.294. The van der Waals surface area contributed by atoms with E-state index in [4.69, 9.17) is 9.84 Å². The van der Waals surface area contributed by atoms with E-state index in [1.165, 1.54) is 6.07 Å². The van der Waals surface area contributed by atoms with Crippen molar-refractivity contribution in [3.8, 4) is 11.6 Å². The highest BCUT2D eigenvalue weighted by Gasteiger charge is 2.20. The SMILES string of the molecule is Cc1ccc(C(C)(C)C)c(Oc2cccc(C(=O)O)n2)c1. The molecule has 1 aromatic carbocycles. The van der Waals surface area contributed by atoms with Gasteiger partial charge in [0.05, 0.1) is 0 Å². The Balaban J connectivity index is 2.41. The highest BCUT2D eigenvalue weighted by molar-refractivity contribution is 5.85. The van der Waals surface area contributed by atoms with Gasteiger partial charge in [0.25, 0.3) is 0 Å². The Morgan fingerprint density at radius 2 is 1.90 bits per heavy atom. The Bertz CT molecular complexity index is 672. The van der Waals surface area contributed by atoms with E-state index >= 15 is 0 Å². The number of ether oxygens (including phenoxy) is 1. The summed E-state index contributed by atoms with van der Waals surface area (Å²) < 4.78 is 5.83. The van der Waals surface area contributed by atoms with Crippen LogP contribution in [0.25, 0.3) is 0 Å². The number of hydrogen-bond acceptors (Lipinski definition) is 3. The minimum atomic E-state index is -1.07. The average molecular weight is 285 g/mol. The number of pyridine rings is 1. The van der Waals surface area contributed by atoms with E-state index in [1.54, 1.807) is 12.1 Å². The highest BCUT2D eigenvalue weighted by Crippen LogP contribution is 2.34. The van der Waals surface area contributed by atoms with Crippen LogP contribution in [0.4, 0.5) is 0 Å².